The molecule has 0 aromatic heterocycles. The van der Waals surface area contributed by atoms with E-state index in [1.807, 2.05) is 0 Å². The largest absolute Gasteiger partial charge is 0.495 e. The molecule has 1 heterocycles. The number of carbonyl (C=O) groups is 1. The number of hydrogen-bond acceptors (Lipinski definition) is 6. The SMILES string of the molecule is COc1ccccc1NS(=O)(=O)c1ccc(N2C(=O)C(C)(C)CS2(=O)=O)cc1. The predicted molar refractivity (Wildman–Crippen MR) is 105 cm³/mol. The molecule has 150 valence electrons. The first-order valence-corrected chi connectivity index (χ1v) is 11.4. The number of nitrogens with one attached hydrogen (secondary N) is 1. The summed E-state index contributed by atoms with van der Waals surface area (Å²) in [7, 11) is -6.31. The van der Waals surface area contributed by atoms with Gasteiger partial charge < -0.3 is 4.74 Å². The van der Waals surface area contributed by atoms with Crippen LogP contribution in [0.15, 0.2) is 53.4 Å². The lowest BCUT2D eigenvalue weighted by atomic mass is 9.95. The number of rotatable bonds is 5. The minimum atomic E-state index is -3.93. The van der Waals surface area contributed by atoms with Crippen LogP contribution in [0.25, 0.3) is 0 Å². The smallest absolute Gasteiger partial charge is 0.262 e. The van der Waals surface area contributed by atoms with Gasteiger partial charge in [-0.1, -0.05) is 12.1 Å². The van der Waals surface area contributed by atoms with E-state index < -0.39 is 31.4 Å². The summed E-state index contributed by atoms with van der Waals surface area (Å²) in [5.74, 6) is -0.484. The second kappa shape index (κ2) is 6.78. The van der Waals surface area contributed by atoms with Gasteiger partial charge in [0.1, 0.15) is 5.75 Å². The molecule has 1 fully saturated rings. The molecule has 0 saturated carbocycles. The number of benzene rings is 2. The van der Waals surface area contributed by atoms with E-state index in [1.54, 1.807) is 38.1 Å². The van der Waals surface area contributed by atoms with Crippen molar-refractivity contribution in [2.24, 2.45) is 5.41 Å². The Morgan fingerprint density at radius 1 is 1.07 bits per heavy atom. The number of amides is 1. The molecule has 1 N–H and O–H groups in total. The van der Waals surface area contributed by atoms with E-state index in [0.29, 0.717) is 5.75 Å². The van der Waals surface area contributed by atoms with Crippen LogP contribution in [0.4, 0.5) is 11.4 Å². The molecule has 0 bridgehead atoms. The number of hydrogen-bond donors (Lipinski definition) is 1. The van der Waals surface area contributed by atoms with Crippen molar-refractivity contribution in [2.45, 2.75) is 18.7 Å². The van der Waals surface area contributed by atoms with Crippen LogP contribution in [-0.4, -0.2) is 35.6 Å². The molecule has 0 aliphatic carbocycles. The Kier molecular flexibility index (Phi) is 4.88. The van der Waals surface area contributed by atoms with Crippen LogP contribution in [0.2, 0.25) is 0 Å². The van der Waals surface area contributed by atoms with Gasteiger partial charge in [0.25, 0.3) is 10.0 Å². The number of anilines is 2. The maximum atomic E-state index is 12.6. The lowest BCUT2D eigenvalue weighted by Crippen LogP contribution is -2.32. The topological polar surface area (TPSA) is 110 Å². The highest BCUT2D eigenvalue weighted by atomic mass is 32.2. The van der Waals surface area contributed by atoms with Gasteiger partial charge in [0.05, 0.1) is 34.5 Å². The number of ether oxygens (including phenoxy) is 1. The molecule has 2 aromatic rings. The van der Waals surface area contributed by atoms with Crippen LogP contribution in [0.1, 0.15) is 13.8 Å². The van der Waals surface area contributed by atoms with E-state index in [9.17, 15) is 21.6 Å². The van der Waals surface area contributed by atoms with E-state index in [4.69, 9.17) is 4.74 Å². The highest BCUT2D eigenvalue weighted by Crippen LogP contribution is 2.36. The minimum Gasteiger partial charge on any atom is -0.495 e. The molecular weight excluding hydrogens is 404 g/mol. The van der Waals surface area contributed by atoms with Gasteiger partial charge in [0, 0.05) is 0 Å². The minimum absolute atomic E-state index is 0.0783. The predicted octanol–water partition coefficient (Wildman–Crippen LogP) is 2.20. The van der Waals surface area contributed by atoms with Crippen LogP contribution >= 0.6 is 0 Å². The van der Waals surface area contributed by atoms with Crippen LogP contribution in [-0.2, 0) is 24.8 Å². The van der Waals surface area contributed by atoms with Crippen molar-refractivity contribution in [2.75, 3.05) is 21.9 Å². The highest BCUT2D eigenvalue weighted by molar-refractivity contribution is 7.94. The normalized spacial score (nSPS) is 18.1. The number of nitrogens with zero attached hydrogens (tertiary/aromatic N) is 1. The number of carbonyl (C=O) groups excluding carboxylic acids is 1. The fourth-order valence-corrected chi connectivity index (χ4v) is 6.13. The summed E-state index contributed by atoms with van der Waals surface area (Å²) < 4.78 is 58.2. The zero-order valence-electron chi connectivity index (χ0n) is 15.5. The van der Waals surface area contributed by atoms with Gasteiger partial charge in [-0.3, -0.25) is 9.52 Å². The molecule has 8 nitrogen and oxygen atoms in total. The van der Waals surface area contributed by atoms with E-state index in [0.717, 1.165) is 4.31 Å². The fraction of sp³-hybridized carbons (Fsp3) is 0.278. The van der Waals surface area contributed by atoms with Crippen molar-refractivity contribution >= 4 is 37.3 Å². The van der Waals surface area contributed by atoms with E-state index >= 15 is 0 Å². The van der Waals surface area contributed by atoms with Crippen LogP contribution in [0, 0.1) is 5.41 Å². The quantitative estimate of drug-likeness (QED) is 0.788. The maximum absolute atomic E-state index is 12.6. The zero-order chi connectivity index (χ0) is 20.7. The molecule has 10 heteroatoms. The molecule has 2 aromatic carbocycles. The highest BCUT2D eigenvalue weighted by Gasteiger charge is 2.49. The Labute approximate surface area is 164 Å². The Hall–Kier alpha value is -2.59. The average molecular weight is 425 g/mol. The van der Waals surface area contributed by atoms with Crippen molar-refractivity contribution in [1.82, 2.24) is 0 Å². The van der Waals surface area contributed by atoms with Crippen molar-refractivity contribution in [3.8, 4) is 5.75 Å². The Bertz CT molecular complexity index is 1120. The van der Waals surface area contributed by atoms with Crippen LogP contribution in [0.3, 0.4) is 0 Å². The van der Waals surface area contributed by atoms with Crippen molar-refractivity contribution in [3.63, 3.8) is 0 Å². The van der Waals surface area contributed by atoms with Crippen LogP contribution in [0.5, 0.6) is 5.75 Å². The van der Waals surface area contributed by atoms with Gasteiger partial charge in [-0.05, 0) is 50.2 Å². The van der Waals surface area contributed by atoms with Gasteiger partial charge in [0.2, 0.25) is 15.9 Å². The summed E-state index contributed by atoms with van der Waals surface area (Å²) in [5, 5.41) is 0. The zero-order valence-corrected chi connectivity index (χ0v) is 17.2. The molecule has 1 saturated heterocycles. The third-order valence-corrected chi connectivity index (χ3v) is 7.72. The summed E-state index contributed by atoms with van der Waals surface area (Å²) >= 11 is 0. The first-order chi connectivity index (χ1) is 13.0. The van der Waals surface area contributed by atoms with Gasteiger partial charge in [-0.15, -0.1) is 0 Å². The molecule has 1 aliphatic heterocycles. The second-order valence-corrected chi connectivity index (χ2v) is 10.5. The van der Waals surface area contributed by atoms with Crippen molar-refractivity contribution < 1.29 is 26.4 Å². The molecule has 0 spiro atoms. The number of para-hydroxylation sites is 2. The van der Waals surface area contributed by atoms with Crippen molar-refractivity contribution in [1.29, 1.82) is 0 Å². The van der Waals surface area contributed by atoms with Crippen molar-refractivity contribution in [3.05, 3.63) is 48.5 Å². The molecule has 0 radical (unpaired) electrons. The lowest BCUT2D eigenvalue weighted by molar-refractivity contribution is -0.123. The Morgan fingerprint density at radius 2 is 1.68 bits per heavy atom. The molecule has 3 rings (SSSR count). The third kappa shape index (κ3) is 3.57. The third-order valence-electron chi connectivity index (χ3n) is 4.32. The first-order valence-electron chi connectivity index (χ1n) is 8.31. The average Bonchev–Trinajstić information content (AvgIpc) is 2.78. The fourth-order valence-electron chi connectivity index (χ4n) is 2.95. The van der Waals surface area contributed by atoms with Crippen LogP contribution < -0.4 is 13.8 Å². The molecule has 0 unspecified atom stereocenters. The first kappa shape index (κ1) is 20.2. The molecule has 28 heavy (non-hydrogen) atoms. The van der Waals surface area contributed by atoms with E-state index in [-0.39, 0.29) is 22.0 Å². The van der Waals surface area contributed by atoms with E-state index in [2.05, 4.69) is 4.72 Å². The maximum Gasteiger partial charge on any atom is 0.262 e. The number of methoxy groups -OCH3 is 1. The van der Waals surface area contributed by atoms with Gasteiger partial charge in [-0.25, -0.2) is 21.1 Å². The summed E-state index contributed by atoms with van der Waals surface area (Å²) in [4.78, 5) is 12.4. The van der Waals surface area contributed by atoms with Gasteiger partial charge in [-0.2, -0.15) is 0 Å². The molecule has 0 atom stereocenters. The summed E-state index contributed by atoms with van der Waals surface area (Å²) in [6, 6.07) is 11.6. The number of sulfonamides is 2. The van der Waals surface area contributed by atoms with E-state index in [1.165, 1.54) is 31.4 Å². The Balaban J connectivity index is 1.91. The van der Waals surface area contributed by atoms with Gasteiger partial charge in [0.15, 0.2) is 0 Å². The van der Waals surface area contributed by atoms with Gasteiger partial charge >= 0.3 is 0 Å². The second-order valence-electron chi connectivity index (χ2n) is 7.01. The summed E-state index contributed by atoms with van der Waals surface area (Å²) in [6.07, 6.45) is 0. The molecule has 1 amide bonds. The molecule has 1 aliphatic rings. The monoisotopic (exact) mass is 424 g/mol. The summed E-state index contributed by atoms with van der Waals surface area (Å²) in [5.41, 5.74) is -0.658. The standard InChI is InChI=1S/C18H20N2O6S2/c1-18(2)12-27(22,23)20(17(18)21)13-8-10-14(11-9-13)28(24,25)19-15-6-4-5-7-16(15)26-3/h4-11,19H,12H2,1-3H3. The lowest BCUT2D eigenvalue weighted by Gasteiger charge is -2.18. The molecular formula is C18H20N2O6S2. The summed E-state index contributed by atoms with van der Waals surface area (Å²) in [6.45, 7) is 3.12. The Morgan fingerprint density at radius 3 is 2.21 bits per heavy atom.